The first-order chi connectivity index (χ1) is 9.48. The standard InChI is InChI=1S/C9H11F3N4O4S/c1-5-2-6(15-13)7(16(17)18)3-8(5)21(19,20)14-4-9(10,11)12/h2-3,14-15H,4,13H2,1H3. The number of hydrazine groups is 1. The lowest BCUT2D eigenvalue weighted by Crippen LogP contribution is -2.34. The molecule has 0 saturated carbocycles. The number of benzene rings is 1. The molecule has 0 amide bonds. The van der Waals surface area contributed by atoms with E-state index in [2.05, 4.69) is 0 Å². The Morgan fingerprint density at radius 3 is 2.38 bits per heavy atom. The highest BCUT2D eigenvalue weighted by Crippen LogP contribution is 2.30. The predicted octanol–water partition coefficient (Wildman–Crippen LogP) is 1.03. The van der Waals surface area contributed by atoms with E-state index < -0.39 is 38.3 Å². The Balaban J connectivity index is 3.30. The van der Waals surface area contributed by atoms with Crippen molar-refractivity contribution < 1.29 is 26.5 Å². The zero-order chi connectivity index (χ0) is 16.4. The molecule has 0 aliphatic rings. The van der Waals surface area contributed by atoms with Crippen LogP contribution in [0.15, 0.2) is 17.0 Å². The fourth-order valence-corrected chi connectivity index (χ4v) is 2.75. The monoisotopic (exact) mass is 328 g/mol. The van der Waals surface area contributed by atoms with Crippen molar-refractivity contribution >= 4 is 21.4 Å². The number of nitrogens with one attached hydrogen (secondary N) is 2. The number of aryl methyl sites for hydroxylation is 1. The van der Waals surface area contributed by atoms with Crippen LogP contribution >= 0.6 is 0 Å². The molecule has 0 aliphatic heterocycles. The van der Waals surface area contributed by atoms with Gasteiger partial charge in [0.15, 0.2) is 0 Å². The highest BCUT2D eigenvalue weighted by molar-refractivity contribution is 7.89. The molecule has 0 aromatic heterocycles. The van der Waals surface area contributed by atoms with Crippen LogP contribution in [-0.2, 0) is 10.0 Å². The van der Waals surface area contributed by atoms with Crippen LogP contribution in [0.25, 0.3) is 0 Å². The van der Waals surface area contributed by atoms with Gasteiger partial charge in [-0.3, -0.25) is 16.0 Å². The van der Waals surface area contributed by atoms with E-state index in [1.807, 2.05) is 5.43 Å². The molecule has 0 heterocycles. The van der Waals surface area contributed by atoms with Gasteiger partial charge in [-0.1, -0.05) is 0 Å². The summed E-state index contributed by atoms with van der Waals surface area (Å²) in [6, 6.07) is 1.70. The van der Waals surface area contributed by atoms with E-state index in [1.54, 1.807) is 0 Å². The van der Waals surface area contributed by atoms with Gasteiger partial charge in [0.1, 0.15) is 12.2 Å². The second-order valence-electron chi connectivity index (χ2n) is 3.98. The number of nitrogens with two attached hydrogens (primary N) is 1. The van der Waals surface area contributed by atoms with Gasteiger partial charge in [0.05, 0.1) is 9.82 Å². The van der Waals surface area contributed by atoms with Gasteiger partial charge >= 0.3 is 6.18 Å². The number of nitrogen functional groups attached to an aromatic ring is 1. The number of sulfonamides is 1. The number of halogens is 3. The topological polar surface area (TPSA) is 127 Å². The predicted molar refractivity (Wildman–Crippen MR) is 66.9 cm³/mol. The normalized spacial score (nSPS) is 12.2. The number of anilines is 1. The molecular formula is C9H11F3N4O4S. The number of nitro groups is 1. The summed E-state index contributed by atoms with van der Waals surface area (Å²) in [5, 5.41) is 10.8. The lowest BCUT2D eigenvalue weighted by molar-refractivity contribution is -0.384. The van der Waals surface area contributed by atoms with Gasteiger partial charge in [-0.2, -0.15) is 13.2 Å². The quantitative estimate of drug-likeness (QED) is 0.421. The highest BCUT2D eigenvalue weighted by atomic mass is 32.2. The van der Waals surface area contributed by atoms with Gasteiger partial charge in [0.2, 0.25) is 10.0 Å². The molecule has 118 valence electrons. The Morgan fingerprint density at radius 1 is 1.38 bits per heavy atom. The summed E-state index contributed by atoms with van der Waals surface area (Å²) in [7, 11) is -4.55. The molecule has 0 bridgehead atoms. The zero-order valence-electron chi connectivity index (χ0n) is 10.6. The first-order valence-corrected chi connectivity index (χ1v) is 6.78. The van der Waals surface area contributed by atoms with Gasteiger partial charge in [0.25, 0.3) is 5.69 Å². The van der Waals surface area contributed by atoms with Crippen molar-refractivity contribution in [2.24, 2.45) is 5.84 Å². The van der Waals surface area contributed by atoms with E-state index in [-0.39, 0.29) is 11.3 Å². The maximum Gasteiger partial charge on any atom is 0.402 e. The van der Waals surface area contributed by atoms with Crippen LogP contribution in [0.4, 0.5) is 24.5 Å². The van der Waals surface area contributed by atoms with Crippen LogP contribution < -0.4 is 16.0 Å². The van der Waals surface area contributed by atoms with Crippen molar-refractivity contribution in [2.45, 2.75) is 18.0 Å². The minimum Gasteiger partial charge on any atom is -0.318 e. The molecule has 21 heavy (non-hydrogen) atoms. The Labute approximate surface area is 117 Å². The van der Waals surface area contributed by atoms with Gasteiger partial charge in [-0.05, 0) is 18.6 Å². The summed E-state index contributed by atoms with van der Waals surface area (Å²) in [5.74, 6) is 5.06. The number of hydrogen-bond donors (Lipinski definition) is 3. The lowest BCUT2D eigenvalue weighted by atomic mass is 10.2. The molecule has 0 radical (unpaired) electrons. The summed E-state index contributed by atoms with van der Waals surface area (Å²) in [5.41, 5.74) is 1.19. The van der Waals surface area contributed by atoms with Gasteiger partial charge in [-0.25, -0.2) is 13.1 Å². The average molecular weight is 328 g/mol. The first kappa shape index (κ1) is 17.1. The second-order valence-corrected chi connectivity index (χ2v) is 5.71. The summed E-state index contributed by atoms with van der Waals surface area (Å²) in [6.07, 6.45) is -4.74. The van der Waals surface area contributed by atoms with Crippen LogP contribution in [0.1, 0.15) is 5.56 Å². The molecular weight excluding hydrogens is 317 g/mol. The summed E-state index contributed by atoms with van der Waals surface area (Å²) in [6.45, 7) is -0.508. The van der Waals surface area contributed by atoms with Crippen molar-refractivity contribution in [2.75, 3.05) is 12.0 Å². The van der Waals surface area contributed by atoms with Crippen LogP contribution in [0.2, 0.25) is 0 Å². The fourth-order valence-electron chi connectivity index (χ4n) is 1.49. The third kappa shape index (κ3) is 4.27. The van der Waals surface area contributed by atoms with Crippen LogP contribution in [0.3, 0.4) is 0 Å². The molecule has 12 heteroatoms. The van der Waals surface area contributed by atoms with Crippen molar-refractivity contribution in [3.8, 4) is 0 Å². The molecule has 0 saturated heterocycles. The number of rotatable bonds is 5. The second kappa shape index (κ2) is 5.83. The van der Waals surface area contributed by atoms with Crippen molar-refractivity contribution in [1.82, 2.24) is 4.72 Å². The molecule has 8 nitrogen and oxygen atoms in total. The maximum atomic E-state index is 12.1. The van der Waals surface area contributed by atoms with E-state index in [9.17, 15) is 31.7 Å². The Morgan fingerprint density at radius 2 is 1.95 bits per heavy atom. The van der Waals surface area contributed by atoms with Gasteiger partial charge in [-0.15, -0.1) is 0 Å². The molecule has 0 unspecified atom stereocenters. The molecule has 1 aromatic rings. The van der Waals surface area contributed by atoms with E-state index in [0.29, 0.717) is 6.07 Å². The molecule has 1 aromatic carbocycles. The summed E-state index contributed by atoms with van der Waals surface area (Å²) in [4.78, 5) is 9.27. The molecule has 0 fully saturated rings. The molecule has 0 spiro atoms. The van der Waals surface area contributed by atoms with Gasteiger partial charge in [0, 0.05) is 6.07 Å². The average Bonchev–Trinajstić information content (AvgIpc) is 2.34. The third-order valence-electron chi connectivity index (χ3n) is 2.40. The smallest absolute Gasteiger partial charge is 0.318 e. The summed E-state index contributed by atoms with van der Waals surface area (Å²) >= 11 is 0. The Kier molecular flexibility index (Phi) is 4.76. The largest absolute Gasteiger partial charge is 0.402 e. The number of nitrogens with zero attached hydrogens (tertiary/aromatic N) is 1. The number of nitro benzene ring substituents is 1. The summed E-state index contributed by atoms with van der Waals surface area (Å²) < 4.78 is 61.1. The Hall–Kier alpha value is -1.92. The SMILES string of the molecule is Cc1cc(NN)c([N+](=O)[O-])cc1S(=O)(=O)NCC(F)(F)F. The van der Waals surface area contributed by atoms with Crippen molar-refractivity contribution in [3.05, 3.63) is 27.8 Å². The van der Waals surface area contributed by atoms with E-state index in [1.165, 1.54) is 11.6 Å². The Bertz CT molecular complexity index is 660. The van der Waals surface area contributed by atoms with Crippen molar-refractivity contribution in [3.63, 3.8) is 0 Å². The zero-order valence-corrected chi connectivity index (χ0v) is 11.4. The minimum atomic E-state index is -4.74. The maximum absolute atomic E-state index is 12.1. The van der Waals surface area contributed by atoms with Crippen LogP contribution in [0.5, 0.6) is 0 Å². The van der Waals surface area contributed by atoms with Crippen LogP contribution in [0, 0.1) is 17.0 Å². The number of hydrogen-bond acceptors (Lipinski definition) is 6. The van der Waals surface area contributed by atoms with E-state index >= 15 is 0 Å². The minimum absolute atomic E-state index is 0.00299. The highest BCUT2D eigenvalue weighted by Gasteiger charge is 2.31. The van der Waals surface area contributed by atoms with Gasteiger partial charge < -0.3 is 5.43 Å². The molecule has 0 aliphatic carbocycles. The van der Waals surface area contributed by atoms with Crippen molar-refractivity contribution in [1.29, 1.82) is 0 Å². The lowest BCUT2D eigenvalue weighted by Gasteiger charge is -2.12. The molecule has 4 N–H and O–H groups in total. The fraction of sp³-hybridized carbons (Fsp3) is 0.333. The van der Waals surface area contributed by atoms with E-state index in [4.69, 9.17) is 5.84 Å². The van der Waals surface area contributed by atoms with Crippen LogP contribution in [-0.4, -0.2) is 26.1 Å². The molecule has 0 atom stereocenters. The van der Waals surface area contributed by atoms with E-state index in [0.717, 1.165) is 6.07 Å². The molecule has 1 rings (SSSR count). The third-order valence-corrected chi connectivity index (χ3v) is 3.94. The first-order valence-electron chi connectivity index (χ1n) is 5.30. The number of alkyl halides is 3.